The van der Waals surface area contributed by atoms with E-state index in [0.29, 0.717) is 12.2 Å². The van der Waals surface area contributed by atoms with E-state index in [0.717, 1.165) is 12.3 Å². The van der Waals surface area contributed by atoms with Crippen molar-refractivity contribution in [3.05, 3.63) is 28.3 Å². The quantitative estimate of drug-likeness (QED) is 0.630. The Balaban J connectivity index is 3.06. The highest BCUT2D eigenvalue weighted by atomic mass is 32.2. The third-order valence-corrected chi connectivity index (χ3v) is 4.17. The molecule has 112 valence electrons. The lowest BCUT2D eigenvalue weighted by Gasteiger charge is -2.20. The number of nitro benzene ring substituents is 1. The molecule has 0 aromatic heterocycles. The molecule has 0 spiro atoms. The third-order valence-electron chi connectivity index (χ3n) is 3.06. The molecule has 0 aliphatic carbocycles. The minimum Gasteiger partial charge on any atom is -0.378 e. The van der Waals surface area contributed by atoms with E-state index < -0.39 is 14.8 Å². The number of nitrogens with zero attached hydrogens (tertiary/aromatic N) is 2. The van der Waals surface area contributed by atoms with Crippen LogP contribution >= 0.6 is 0 Å². The molecule has 0 bridgehead atoms. The first-order chi connectivity index (χ1) is 9.12. The van der Waals surface area contributed by atoms with E-state index in [1.54, 1.807) is 0 Å². The maximum absolute atomic E-state index is 11.4. The predicted octanol–water partition coefficient (Wildman–Crippen LogP) is 1.36. The lowest BCUT2D eigenvalue weighted by Crippen LogP contribution is -2.31. The summed E-state index contributed by atoms with van der Waals surface area (Å²) in [7, 11) is 0.360. The maximum atomic E-state index is 11.4. The van der Waals surface area contributed by atoms with Crippen molar-refractivity contribution in [2.45, 2.75) is 17.9 Å². The van der Waals surface area contributed by atoms with Gasteiger partial charge in [-0.2, -0.15) is 0 Å². The van der Waals surface area contributed by atoms with E-state index >= 15 is 0 Å². The fourth-order valence-corrected chi connectivity index (χ4v) is 2.12. The molecule has 1 unspecified atom stereocenters. The molecule has 1 rings (SSSR count). The molecule has 20 heavy (non-hydrogen) atoms. The third kappa shape index (κ3) is 4.17. The van der Waals surface area contributed by atoms with E-state index in [-0.39, 0.29) is 16.6 Å². The molecule has 1 aromatic carbocycles. The number of nitro groups is 1. The molecule has 0 saturated carbocycles. The first-order valence-electron chi connectivity index (χ1n) is 6.01. The van der Waals surface area contributed by atoms with Crippen LogP contribution in [-0.4, -0.2) is 51.2 Å². The van der Waals surface area contributed by atoms with Gasteiger partial charge in [-0.25, -0.2) is 8.42 Å². The predicted molar refractivity (Wildman–Crippen MR) is 77.8 cm³/mol. The van der Waals surface area contributed by atoms with Gasteiger partial charge in [0.25, 0.3) is 5.69 Å². The molecule has 1 N–H and O–H groups in total. The molecular formula is C12H19N3O4S. The zero-order valence-electron chi connectivity index (χ0n) is 12.0. The van der Waals surface area contributed by atoms with Crippen LogP contribution in [0.2, 0.25) is 0 Å². The minimum atomic E-state index is -3.46. The number of hydrogen-bond donors (Lipinski definition) is 1. The number of sulfone groups is 1. The lowest BCUT2D eigenvalue weighted by molar-refractivity contribution is -0.384. The summed E-state index contributed by atoms with van der Waals surface area (Å²) in [4.78, 5) is 12.4. The smallest absolute Gasteiger partial charge is 0.293 e. The van der Waals surface area contributed by atoms with Gasteiger partial charge in [0.05, 0.1) is 9.82 Å². The summed E-state index contributed by atoms with van der Waals surface area (Å²) in [5.41, 5.74) is 0.0787. The average Bonchev–Trinajstić information content (AvgIpc) is 2.34. The van der Waals surface area contributed by atoms with Crippen molar-refractivity contribution >= 4 is 21.2 Å². The van der Waals surface area contributed by atoms with Crippen LogP contribution in [0.15, 0.2) is 23.1 Å². The van der Waals surface area contributed by atoms with Crippen LogP contribution < -0.4 is 5.32 Å². The Hall–Kier alpha value is -1.67. The summed E-state index contributed by atoms with van der Waals surface area (Å²) in [5, 5.41) is 14.0. The van der Waals surface area contributed by atoms with E-state index in [1.165, 1.54) is 12.1 Å². The van der Waals surface area contributed by atoms with Crippen molar-refractivity contribution in [1.82, 2.24) is 4.90 Å². The molecule has 0 heterocycles. The Morgan fingerprint density at radius 1 is 1.40 bits per heavy atom. The van der Waals surface area contributed by atoms with E-state index in [2.05, 4.69) is 5.32 Å². The fraction of sp³-hybridized carbons (Fsp3) is 0.500. The molecular weight excluding hydrogens is 282 g/mol. The molecule has 7 nitrogen and oxygen atoms in total. The second-order valence-corrected chi connectivity index (χ2v) is 6.92. The Morgan fingerprint density at radius 2 is 2.00 bits per heavy atom. The summed E-state index contributed by atoms with van der Waals surface area (Å²) < 4.78 is 22.8. The average molecular weight is 301 g/mol. The summed E-state index contributed by atoms with van der Waals surface area (Å²) in [6.45, 7) is 2.50. The minimum absolute atomic E-state index is 0.0598. The Bertz CT molecular complexity index is 599. The zero-order valence-corrected chi connectivity index (χ0v) is 12.8. The molecule has 0 saturated heterocycles. The normalized spacial score (nSPS) is 13.2. The van der Waals surface area contributed by atoms with Crippen LogP contribution in [0.25, 0.3) is 0 Å². The molecule has 0 aliphatic rings. The molecule has 0 aliphatic heterocycles. The van der Waals surface area contributed by atoms with Crippen molar-refractivity contribution in [1.29, 1.82) is 0 Å². The Kier molecular flexibility index (Phi) is 5.07. The second-order valence-electron chi connectivity index (χ2n) is 4.90. The summed E-state index contributed by atoms with van der Waals surface area (Å²) >= 11 is 0. The largest absolute Gasteiger partial charge is 0.378 e. The molecule has 0 amide bonds. The van der Waals surface area contributed by atoms with E-state index in [1.807, 2.05) is 25.9 Å². The number of nitrogens with one attached hydrogen (secondary N) is 1. The number of hydrogen-bond acceptors (Lipinski definition) is 6. The summed E-state index contributed by atoms with van der Waals surface area (Å²) in [6.07, 6.45) is 1.02. The molecule has 0 radical (unpaired) electrons. The molecule has 1 aromatic rings. The van der Waals surface area contributed by atoms with Gasteiger partial charge in [0.15, 0.2) is 9.84 Å². The topological polar surface area (TPSA) is 92.5 Å². The van der Waals surface area contributed by atoms with Crippen molar-refractivity contribution in [3.63, 3.8) is 0 Å². The van der Waals surface area contributed by atoms with Crippen LogP contribution in [0, 0.1) is 10.1 Å². The number of likely N-dealkylation sites (N-methyl/N-ethyl adjacent to an activating group) is 1. The Labute approximate surface area is 118 Å². The number of rotatable bonds is 6. The van der Waals surface area contributed by atoms with Crippen LogP contribution in [-0.2, 0) is 9.84 Å². The molecule has 1 atom stereocenters. The monoisotopic (exact) mass is 301 g/mol. The highest BCUT2D eigenvalue weighted by Crippen LogP contribution is 2.27. The first-order valence-corrected chi connectivity index (χ1v) is 7.91. The van der Waals surface area contributed by atoms with Crippen LogP contribution in [0.5, 0.6) is 0 Å². The van der Waals surface area contributed by atoms with Crippen LogP contribution in [0.4, 0.5) is 11.4 Å². The van der Waals surface area contributed by atoms with Crippen molar-refractivity contribution < 1.29 is 13.3 Å². The van der Waals surface area contributed by atoms with E-state index in [9.17, 15) is 18.5 Å². The standard InChI is InChI=1S/C12H19N3O4S/c1-9(14(2)3)8-13-11-6-5-10(20(4,18)19)7-12(11)15(16)17/h5-7,9,13H,8H2,1-4H3. The highest BCUT2D eigenvalue weighted by molar-refractivity contribution is 7.90. The highest BCUT2D eigenvalue weighted by Gasteiger charge is 2.19. The Morgan fingerprint density at radius 3 is 2.45 bits per heavy atom. The van der Waals surface area contributed by atoms with Gasteiger partial charge in [-0.1, -0.05) is 0 Å². The summed E-state index contributed by atoms with van der Waals surface area (Å²) in [6, 6.07) is 4.06. The van der Waals surface area contributed by atoms with Crippen LogP contribution in [0.1, 0.15) is 6.92 Å². The lowest BCUT2D eigenvalue weighted by atomic mass is 10.2. The van der Waals surface area contributed by atoms with Gasteiger partial charge in [-0.3, -0.25) is 10.1 Å². The van der Waals surface area contributed by atoms with Gasteiger partial charge in [0.2, 0.25) is 0 Å². The molecule has 8 heteroatoms. The number of benzene rings is 1. The summed E-state index contributed by atoms with van der Waals surface area (Å²) in [5.74, 6) is 0. The first kappa shape index (κ1) is 16.4. The van der Waals surface area contributed by atoms with Gasteiger partial charge in [-0.15, -0.1) is 0 Å². The number of anilines is 1. The second kappa shape index (κ2) is 6.19. The van der Waals surface area contributed by atoms with Crippen molar-refractivity contribution in [2.75, 3.05) is 32.2 Å². The van der Waals surface area contributed by atoms with Crippen molar-refractivity contribution in [2.24, 2.45) is 0 Å². The van der Waals surface area contributed by atoms with Gasteiger partial charge >= 0.3 is 0 Å². The van der Waals surface area contributed by atoms with Crippen LogP contribution in [0.3, 0.4) is 0 Å². The van der Waals surface area contributed by atoms with Gasteiger partial charge < -0.3 is 10.2 Å². The molecule has 0 fully saturated rings. The van der Waals surface area contributed by atoms with Crippen molar-refractivity contribution in [3.8, 4) is 0 Å². The van der Waals surface area contributed by atoms with Gasteiger partial charge in [-0.05, 0) is 33.2 Å². The maximum Gasteiger partial charge on any atom is 0.293 e. The van der Waals surface area contributed by atoms with Gasteiger partial charge in [0, 0.05) is 24.9 Å². The fourth-order valence-electron chi connectivity index (χ4n) is 1.48. The van der Waals surface area contributed by atoms with E-state index in [4.69, 9.17) is 0 Å². The SMILES string of the molecule is CC(CNc1ccc(S(C)(=O)=O)cc1[N+](=O)[O-])N(C)C. The van der Waals surface area contributed by atoms with Gasteiger partial charge in [0.1, 0.15) is 5.69 Å². The zero-order chi connectivity index (χ0) is 15.5.